The van der Waals surface area contributed by atoms with Gasteiger partial charge in [0, 0.05) is 5.56 Å². The fourth-order valence-electron chi connectivity index (χ4n) is 2.20. The number of fused-ring (bicyclic) bond motifs is 1. The number of ether oxygens (including phenoxy) is 1. The minimum Gasteiger partial charge on any atom is -0.494 e. The highest BCUT2D eigenvalue weighted by Gasteiger charge is 2.13. The Labute approximate surface area is 159 Å². The SMILES string of the molecule is CCCCOc1ccc(C(=O)Nc2nc3c(Cl)ccc(Cl)c3s2)cc1. The van der Waals surface area contributed by atoms with Crippen LogP contribution in [0.3, 0.4) is 0 Å². The third-order valence-electron chi connectivity index (χ3n) is 3.55. The number of halogens is 2. The van der Waals surface area contributed by atoms with E-state index >= 15 is 0 Å². The maximum atomic E-state index is 12.4. The lowest BCUT2D eigenvalue weighted by Crippen LogP contribution is -2.11. The first kappa shape index (κ1) is 18.0. The zero-order valence-electron chi connectivity index (χ0n) is 13.5. The number of aromatic nitrogens is 1. The van der Waals surface area contributed by atoms with Gasteiger partial charge in [0.2, 0.25) is 0 Å². The van der Waals surface area contributed by atoms with Crippen molar-refractivity contribution in [2.24, 2.45) is 0 Å². The largest absolute Gasteiger partial charge is 0.494 e. The summed E-state index contributed by atoms with van der Waals surface area (Å²) in [6.45, 7) is 2.79. The number of unbranched alkanes of at least 4 members (excludes halogenated alkanes) is 1. The summed E-state index contributed by atoms with van der Waals surface area (Å²) in [7, 11) is 0. The van der Waals surface area contributed by atoms with Crippen molar-refractivity contribution in [3.63, 3.8) is 0 Å². The summed E-state index contributed by atoms with van der Waals surface area (Å²) in [6, 6.07) is 10.4. The molecule has 0 aliphatic heterocycles. The molecule has 2 aromatic carbocycles. The van der Waals surface area contributed by atoms with E-state index in [9.17, 15) is 4.79 Å². The Balaban J connectivity index is 1.72. The van der Waals surface area contributed by atoms with Gasteiger partial charge in [0.05, 0.1) is 21.4 Å². The smallest absolute Gasteiger partial charge is 0.257 e. The molecule has 7 heteroatoms. The van der Waals surface area contributed by atoms with Crippen molar-refractivity contribution in [1.29, 1.82) is 0 Å². The monoisotopic (exact) mass is 394 g/mol. The minimum atomic E-state index is -0.244. The molecule has 4 nitrogen and oxygen atoms in total. The molecule has 0 aliphatic carbocycles. The Hall–Kier alpha value is -1.82. The van der Waals surface area contributed by atoms with Crippen LogP contribution in [-0.4, -0.2) is 17.5 Å². The normalized spacial score (nSPS) is 10.8. The molecule has 1 heterocycles. The van der Waals surface area contributed by atoms with E-state index in [2.05, 4.69) is 17.2 Å². The predicted octanol–water partition coefficient (Wildman–Crippen LogP) is 6.03. The van der Waals surface area contributed by atoms with Crippen molar-refractivity contribution in [3.05, 3.63) is 52.0 Å². The van der Waals surface area contributed by atoms with Crippen molar-refractivity contribution in [3.8, 4) is 5.75 Å². The maximum Gasteiger partial charge on any atom is 0.257 e. The lowest BCUT2D eigenvalue weighted by molar-refractivity contribution is 0.102. The molecule has 0 atom stereocenters. The average molecular weight is 395 g/mol. The van der Waals surface area contributed by atoms with Gasteiger partial charge in [0.15, 0.2) is 5.13 Å². The molecule has 0 fully saturated rings. The molecule has 0 bridgehead atoms. The molecule has 0 saturated heterocycles. The van der Waals surface area contributed by atoms with Gasteiger partial charge < -0.3 is 4.74 Å². The summed E-state index contributed by atoms with van der Waals surface area (Å²) in [5, 5.41) is 4.31. The number of hydrogen-bond acceptors (Lipinski definition) is 4. The number of amides is 1. The van der Waals surface area contributed by atoms with Gasteiger partial charge in [0.25, 0.3) is 5.91 Å². The Morgan fingerprint density at radius 3 is 2.56 bits per heavy atom. The molecule has 0 unspecified atom stereocenters. The fraction of sp³-hybridized carbons (Fsp3) is 0.222. The van der Waals surface area contributed by atoms with E-state index in [-0.39, 0.29) is 5.91 Å². The number of benzene rings is 2. The van der Waals surface area contributed by atoms with Crippen molar-refractivity contribution < 1.29 is 9.53 Å². The van der Waals surface area contributed by atoms with Crippen LogP contribution in [0.4, 0.5) is 5.13 Å². The number of carbonyl (C=O) groups excluding carboxylic acids is 1. The van der Waals surface area contributed by atoms with Crippen LogP contribution in [-0.2, 0) is 0 Å². The van der Waals surface area contributed by atoms with Crippen LogP contribution in [0.15, 0.2) is 36.4 Å². The highest BCUT2D eigenvalue weighted by molar-refractivity contribution is 7.23. The first-order valence-corrected chi connectivity index (χ1v) is 9.44. The first-order chi connectivity index (χ1) is 12.1. The molecule has 0 aliphatic rings. The summed E-state index contributed by atoms with van der Waals surface area (Å²) in [6.07, 6.45) is 2.08. The van der Waals surface area contributed by atoms with Crippen LogP contribution in [0.25, 0.3) is 10.2 Å². The quantitative estimate of drug-likeness (QED) is 0.518. The van der Waals surface area contributed by atoms with Gasteiger partial charge in [-0.1, -0.05) is 47.9 Å². The summed E-state index contributed by atoms with van der Waals surface area (Å²) in [5.74, 6) is 0.509. The third-order valence-corrected chi connectivity index (χ3v) is 5.29. The molecule has 0 radical (unpaired) electrons. The van der Waals surface area contributed by atoms with E-state index in [1.54, 1.807) is 36.4 Å². The molecule has 0 spiro atoms. The van der Waals surface area contributed by atoms with Crippen LogP contribution in [0.1, 0.15) is 30.1 Å². The number of rotatable bonds is 6. The standard InChI is InChI=1S/C18H16Cl2N2O2S/c1-2-3-10-24-12-6-4-11(5-7-12)17(23)22-18-21-15-13(19)8-9-14(20)16(15)25-18/h4-9H,2-3,10H2,1H3,(H,21,22,23). The van der Waals surface area contributed by atoms with Gasteiger partial charge >= 0.3 is 0 Å². The Kier molecular flexibility index (Phi) is 5.78. The van der Waals surface area contributed by atoms with E-state index in [1.165, 1.54) is 11.3 Å². The summed E-state index contributed by atoms with van der Waals surface area (Å²) in [5.41, 5.74) is 1.12. The van der Waals surface area contributed by atoms with Gasteiger partial charge in [-0.15, -0.1) is 0 Å². The van der Waals surface area contributed by atoms with E-state index in [1.807, 2.05) is 0 Å². The number of nitrogens with one attached hydrogen (secondary N) is 1. The number of hydrogen-bond donors (Lipinski definition) is 1. The van der Waals surface area contributed by atoms with Crippen LogP contribution in [0.5, 0.6) is 5.75 Å². The second kappa shape index (κ2) is 8.04. The molecule has 0 saturated carbocycles. The molecule has 3 rings (SSSR count). The molecule has 3 aromatic rings. The molecule has 1 aromatic heterocycles. The zero-order valence-corrected chi connectivity index (χ0v) is 15.8. The molecular formula is C18H16Cl2N2O2S. The lowest BCUT2D eigenvalue weighted by atomic mass is 10.2. The predicted molar refractivity (Wildman–Crippen MR) is 104 cm³/mol. The lowest BCUT2D eigenvalue weighted by Gasteiger charge is -2.06. The van der Waals surface area contributed by atoms with Crippen molar-refractivity contribution >= 4 is 55.8 Å². The average Bonchev–Trinajstić information content (AvgIpc) is 3.04. The van der Waals surface area contributed by atoms with E-state index in [4.69, 9.17) is 27.9 Å². The van der Waals surface area contributed by atoms with Crippen LogP contribution < -0.4 is 10.1 Å². The fourth-order valence-corrected chi connectivity index (χ4v) is 3.62. The van der Waals surface area contributed by atoms with Crippen molar-refractivity contribution in [2.45, 2.75) is 19.8 Å². The zero-order chi connectivity index (χ0) is 17.8. The van der Waals surface area contributed by atoms with Gasteiger partial charge in [0.1, 0.15) is 11.3 Å². The summed E-state index contributed by atoms with van der Waals surface area (Å²) in [4.78, 5) is 16.7. The summed E-state index contributed by atoms with van der Waals surface area (Å²) >= 11 is 13.6. The second-order valence-electron chi connectivity index (χ2n) is 5.41. The summed E-state index contributed by atoms with van der Waals surface area (Å²) < 4.78 is 6.35. The molecule has 25 heavy (non-hydrogen) atoms. The highest BCUT2D eigenvalue weighted by atomic mass is 35.5. The number of carbonyl (C=O) groups is 1. The molecule has 1 N–H and O–H groups in total. The number of anilines is 1. The van der Waals surface area contributed by atoms with Crippen LogP contribution in [0.2, 0.25) is 10.0 Å². The maximum absolute atomic E-state index is 12.4. The molecule has 130 valence electrons. The first-order valence-electron chi connectivity index (χ1n) is 7.87. The van der Waals surface area contributed by atoms with E-state index in [0.29, 0.717) is 32.9 Å². The number of nitrogens with zero attached hydrogens (tertiary/aromatic N) is 1. The Morgan fingerprint density at radius 1 is 1.16 bits per heavy atom. The molecular weight excluding hydrogens is 379 g/mol. The van der Waals surface area contributed by atoms with Gasteiger partial charge in [-0.3, -0.25) is 10.1 Å². The van der Waals surface area contributed by atoms with E-state index < -0.39 is 0 Å². The van der Waals surface area contributed by atoms with Crippen molar-refractivity contribution in [2.75, 3.05) is 11.9 Å². The second-order valence-corrected chi connectivity index (χ2v) is 7.22. The van der Waals surface area contributed by atoms with E-state index in [0.717, 1.165) is 23.3 Å². The third kappa shape index (κ3) is 4.24. The highest BCUT2D eigenvalue weighted by Crippen LogP contribution is 2.36. The Morgan fingerprint density at radius 2 is 1.88 bits per heavy atom. The molecule has 1 amide bonds. The van der Waals surface area contributed by atoms with Crippen LogP contribution in [0, 0.1) is 0 Å². The van der Waals surface area contributed by atoms with Crippen LogP contribution >= 0.6 is 34.5 Å². The van der Waals surface area contributed by atoms with Gasteiger partial charge in [-0.25, -0.2) is 4.98 Å². The Bertz CT molecular complexity index is 855. The van der Waals surface area contributed by atoms with Crippen molar-refractivity contribution in [1.82, 2.24) is 4.98 Å². The minimum absolute atomic E-state index is 0.244. The topological polar surface area (TPSA) is 51.2 Å². The number of thiazole rings is 1. The van der Waals surface area contributed by atoms with Gasteiger partial charge in [-0.2, -0.15) is 0 Å². The van der Waals surface area contributed by atoms with Gasteiger partial charge in [-0.05, 0) is 42.8 Å².